The summed E-state index contributed by atoms with van der Waals surface area (Å²) in [5, 5.41) is 2.63. The van der Waals surface area contributed by atoms with E-state index in [4.69, 9.17) is 0 Å². The van der Waals surface area contributed by atoms with Crippen LogP contribution >= 0.6 is 0 Å². The van der Waals surface area contributed by atoms with Crippen LogP contribution in [0.5, 0.6) is 0 Å². The zero-order valence-corrected chi connectivity index (χ0v) is 21.2. The van der Waals surface area contributed by atoms with Crippen molar-refractivity contribution < 1.29 is 21.8 Å². The van der Waals surface area contributed by atoms with E-state index < -0.39 is 21.8 Å². The van der Waals surface area contributed by atoms with Crippen LogP contribution in [-0.2, 0) is 21.8 Å². The molecule has 0 nitrogen and oxygen atoms in total. The Bertz CT molecular complexity index is 1420. The summed E-state index contributed by atoms with van der Waals surface area (Å²) < 4.78 is 3.64. The number of hydrogen-bond donors (Lipinski definition) is 0. The van der Waals surface area contributed by atoms with E-state index in [9.17, 15) is 0 Å². The summed E-state index contributed by atoms with van der Waals surface area (Å²) in [6, 6.07) is 44.9. The number of rotatable bonds is 4. The Morgan fingerprint density at radius 2 is 1.12 bits per heavy atom. The van der Waals surface area contributed by atoms with Gasteiger partial charge in [0, 0.05) is 0 Å². The van der Waals surface area contributed by atoms with E-state index in [0.717, 1.165) is 0 Å². The fourth-order valence-electron chi connectivity index (χ4n) is 5.37. The maximum absolute atomic E-state index is 2.48. The molecule has 1 heteroatoms. The van der Waals surface area contributed by atoms with E-state index in [1.165, 1.54) is 38.6 Å². The summed E-state index contributed by atoms with van der Waals surface area (Å²) in [5.74, 6) is 0. The van der Waals surface area contributed by atoms with Crippen molar-refractivity contribution in [3.63, 3.8) is 0 Å². The predicted molar refractivity (Wildman–Crippen MR) is 138 cm³/mol. The summed E-state index contributed by atoms with van der Waals surface area (Å²) in [7, 11) is 0. The van der Waals surface area contributed by atoms with E-state index in [1.54, 1.807) is 6.54 Å². The minimum atomic E-state index is -2.29. The Hall–Kier alpha value is -3.02. The van der Waals surface area contributed by atoms with Crippen molar-refractivity contribution in [2.75, 3.05) is 0 Å². The van der Waals surface area contributed by atoms with Gasteiger partial charge in [-0.05, 0) is 0 Å². The Morgan fingerprint density at radius 1 is 0.545 bits per heavy atom. The topological polar surface area (TPSA) is 0 Å². The molecular formula is C32H25Zr. The molecule has 0 aromatic heterocycles. The number of allylic oxidation sites excluding steroid dienone is 1. The Balaban J connectivity index is 1.55. The van der Waals surface area contributed by atoms with Crippen LogP contribution in [0.2, 0.25) is 0 Å². The van der Waals surface area contributed by atoms with Gasteiger partial charge in [-0.1, -0.05) is 0 Å². The van der Waals surface area contributed by atoms with Gasteiger partial charge in [-0.25, -0.2) is 0 Å². The van der Waals surface area contributed by atoms with E-state index in [0.29, 0.717) is 3.63 Å². The van der Waals surface area contributed by atoms with Gasteiger partial charge >= 0.3 is 205 Å². The zero-order chi connectivity index (χ0) is 22.2. The summed E-state index contributed by atoms with van der Waals surface area (Å²) >= 11 is -2.29. The van der Waals surface area contributed by atoms with Crippen molar-refractivity contribution in [2.24, 2.45) is 0 Å². The Kier molecular flexibility index (Phi) is 5.45. The molecule has 0 amide bonds. The fourth-order valence-corrected chi connectivity index (χ4v) is 13.2. The van der Waals surface area contributed by atoms with Crippen LogP contribution in [0.4, 0.5) is 0 Å². The molecule has 0 heterocycles. The summed E-state index contributed by atoms with van der Waals surface area (Å²) in [4.78, 5) is 0. The third kappa shape index (κ3) is 3.66. The van der Waals surface area contributed by atoms with Gasteiger partial charge in [0.15, 0.2) is 0 Å². The first-order valence-corrected chi connectivity index (χ1v) is 15.5. The van der Waals surface area contributed by atoms with Crippen molar-refractivity contribution >= 4 is 23.4 Å². The van der Waals surface area contributed by atoms with E-state index >= 15 is 0 Å². The van der Waals surface area contributed by atoms with E-state index in [-0.39, 0.29) is 0 Å². The first-order valence-electron chi connectivity index (χ1n) is 11.6. The molecule has 0 saturated heterocycles. The summed E-state index contributed by atoms with van der Waals surface area (Å²) in [6.45, 7) is 2.35. The van der Waals surface area contributed by atoms with Crippen LogP contribution in [0, 0.1) is 0 Å². The van der Waals surface area contributed by atoms with E-state index in [2.05, 4.69) is 134 Å². The molecule has 0 fully saturated rings. The maximum atomic E-state index is 2.48. The van der Waals surface area contributed by atoms with Gasteiger partial charge < -0.3 is 0 Å². The normalized spacial score (nSPS) is 14.7. The van der Waals surface area contributed by atoms with Crippen molar-refractivity contribution in [3.05, 3.63) is 138 Å². The average Bonchev–Trinajstić information content (AvgIpc) is 3.21. The Labute approximate surface area is 203 Å². The van der Waals surface area contributed by atoms with Crippen LogP contribution in [-0.4, -0.2) is 0 Å². The van der Waals surface area contributed by atoms with Crippen LogP contribution in [0.25, 0.3) is 28.0 Å². The molecule has 1 atom stereocenters. The van der Waals surface area contributed by atoms with Crippen molar-refractivity contribution in [2.45, 2.75) is 10.5 Å². The van der Waals surface area contributed by atoms with Crippen molar-refractivity contribution in [1.82, 2.24) is 0 Å². The minimum absolute atomic E-state index is 0.516. The monoisotopic (exact) mass is 499 g/mol. The molecule has 1 aliphatic rings. The van der Waals surface area contributed by atoms with Crippen LogP contribution in [0.15, 0.2) is 127 Å². The van der Waals surface area contributed by atoms with Crippen LogP contribution < -0.4 is 6.54 Å². The predicted octanol–water partition coefficient (Wildman–Crippen LogP) is 7.23. The van der Waals surface area contributed by atoms with Gasteiger partial charge in [0.25, 0.3) is 0 Å². The van der Waals surface area contributed by atoms with Gasteiger partial charge in [0.2, 0.25) is 0 Å². The van der Waals surface area contributed by atoms with Gasteiger partial charge in [-0.15, -0.1) is 0 Å². The number of hydrogen-bond acceptors (Lipinski definition) is 0. The molecule has 157 valence electrons. The van der Waals surface area contributed by atoms with Crippen molar-refractivity contribution in [1.29, 1.82) is 0 Å². The van der Waals surface area contributed by atoms with Gasteiger partial charge in [0.1, 0.15) is 0 Å². The average molecular weight is 501 g/mol. The first-order chi connectivity index (χ1) is 16.3. The molecule has 0 saturated carbocycles. The molecule has 1 unspecified atom stereocenters. The SMILES string of the molecule is CC1=Cc2c(-c3cccc4ccccc34)cccc2[CH]1[Zr]([c]1ccccc1)[c]1ccccc1. The fraction of sp³-hybridized carbons (Fsp3) is 0.0625. The molecule has 6 rings (SSSR count). The zero-order valence-electron chi connectivity index (χ0n) is 18.7. The standard InChI is InChI=1S/C20H15.2C6H5.Zr/c1-14-12-16-8-5-11-19(20(16)13-14)18-10-4-7-15-6-2-3-9-17(15)18;2*1-2-4-6-5-3-1;/h2-13H,1H3;2*1-5H;. The quantitative estimate of drug-likeness (QED) is 0.244. The molecule has 0 aliphatic heterocycles. The van der Waals surface area contributed by atoms with Gasteiger partial charge in [0.05, 0.1) is 0 Å². The van der Waals surface area contributed by atoms with Gasteiger partial charge in [-0.3, -0.25) is 0 Å². The van der Waals surface area contributed by atoms with Crippen LogP contribution in [0.1, 0.15) is 21.7 Å². The number of benzene rings is 5. The molecule has 0 spiro atoms. The molecule has 0 bridgehead atoms. The third-order valence-electron chi connectivity index (χ3n) is 6.82. The molecular weight excluding hydrogens is 476 g/mol. The number of fused-ring (bicyclic) bond motifs is 2. The molecule has 5 aromatic carbocycles. The second kappa shape index (κ2) is 8.73. The van der Waals surface area contributed by atoms with Gasteiger partial charge in [-0.2, -0.15) is 0 Å². The Morgan fingerprint density at radius 3 is 1.85 bits per heavy atom. The van der Waals surface area contributed by atoms with Crippen molar-refractivity contribution in [3.8, 4) is 11.1 Å². The molecule has 0 N–H and O–H groups in total. The third-order valence-corrected chi connectivity index (χ3v) is 14.8. The molecule has 5 aromatic rings. The first kappa shape index (κ1) is 20.6. The molecule has 33 heavy (non-hydrogen) atoms. The summed E-state index contributed by atoms with van der Waals surface area (Å²) in [5.41, 5.74) is 7.13. The van der Waals surface area contributed by atoms with Crippen LogP contribution in [0.3, 0.4) is 0 Å². The van der Waals surface area contributed by atoms with E-state index in [1.807, 2.05) is 0 Å². The molecule has 0 radical (unpaired) electrons. The second-order valence-corrected chi connectivity index (χ2v) is 15.1. The molecule has 1 aliphatic carbocycles. The second-order valence-electron chi connectivity index (χ2n) is 8.80. The summed E-state index contributed by atoms with van der Waals surface area (Å²) in [6.07, 6.45) is 2.48.